The Morgan fingerprint density at radius 3 is 2.79 bits per heavy atom. The first-order chi connectivity index (χ1) is 11.7. The van der Waals surface area contributed by atoms with Gasteiger partial charge in [-0.3, -0.25) is 0 Å². The van der Waals surface area contributed by atoms with Crippen LogP contribution in [0.25, 0.3) is 0 Å². The molecule has 4 nitrogen and oxygen atoms in total. The van der Waals surface area contributed by atoms with E-state index in [1.165, 1.54) is 17.7 Å². The lowest BCUT2D eigenvalue weighted by molar-refractivity contribution is 0.212. The summed E-state index contributed by atoms with van der Waals surface area (Å²) in [4.78, 5) is 15.8. The number of nitrogens with zero attached hydrogens (tertiary/aromatic N) is 1. The minimum atomic E-state index is -0.189. The van der Waals surface area contributed by atoms with Crippen molar-refractivity contribution in [1.29, 1.82) is 0 Å². The van der Waals surface area contributed by atoms with Crippen LogP contribution in [0.5, 0.6) is 0 Å². The van der Waals surface area contributed by atoms with E-state index in [2.05, 4.69) is 33.0 Å². The van der Waals surface area contributed by atoms with Gasteiger partial charge in [-0.05, 0) is 61.5 Å². The van der Waals surface area contributed by atoms with Crippen LogP contribution < -0.4 is 10.6 Å². The van der Waals surface area contributed by atoms with Crippen molar-refractivity contribution < 1.29 is 4.79 Å². The van der Waals surface area contributed by atoms with Gasteiger partial charge in [0.15, 0.2) is 0 Å². The lowest BCUT2D eigenvalue weighted by atomic mass is 9.95. The lowest BCUT2D eigenvalue weighted by Gasteiger charge is -2.31. The number of nitrogens with one attached hydrogen (secondary N) is 2. The molecule has 0 spiro atoms. The molecule has 128 valence electrons. The number of halogens is 1. The Bertz CT molecular complexity index is 654. The molecule has 3 rings (SSSR count). The molecule has 0 saturated carbocycles. The fraction of sp³-hybridized carbons (Fsp3) is 0.389. The zero-order valence-corrected chi connectivity index (χ0v) is 15.1. The molecule has 1 aliphatic rings. The predicted octanol–water partition coefficient (Wildman–Crippen LogP) is 4.40. The van der Waals surface area contributed by atoms with Crippen molar-refractivity contribution in [2.45, 2.75) is 18.8 Å². The van der Waals surface area contributed by atoms with Gasteiger partial charge in [-0.25, -0.2) is 4.79 Å². The highest BCUT2D eigenvalue weighted by atomic mass is 35.5. The van der Waals surface area contributed by atoms with Crippen molar-refractivity contribution in [2.24, 2.45) is 0 Å². The highest BCUT2D eigenvalue weighted by molar-refractivity contribution is 7.10. The van der Waals surface area contributed by atoms with Gasteiger partial charge in [0.2, 0.25) is 0 Å². The Balaban J connectivity index is 1.34. The molecule has 6 heteroatoms. The standard InChI is InChI=1S/C18H22ClN3OS/c19-15-3-1-4-16(13-15)21-18(23)20-8-11-22-9-6-14(7-10-22)17-5-2-12-24-17/h1-5,12-14H,6-11H2,(H2,20,21,23). The first-order valence-electron chi connectivity index (χ1n) is 8.27. The van der Waals surface area contributed by atoms with E-state index < -0.39 is 0 Å². The molecule has 2 aromatic rings. The van der Waals surface area contributed by atoms with Crippen molar-refractivity contribution in [1.82, 2.24) is 10.2 Å². The average molecular weight is 364 g/mol. The Morgan fingerprint density at radius 2 is 2.08 bits per heavy atom. The summed E-state index contributed by atoms with van der Waals surface area (Å²) < 4.78 is 0. The Morgan fingerprint density at radius 1 is 1.25 bits per heavy atom. The second-order valence-electron chi connectivity index (χ2n) is 6.02. The molecule has 0 atom stereocenters. The fourth-order valence-electron chi connectivity index (χ4n) is 3.03. The van der Waals surface area contributed by atoms with Crippen LogP contribution in [0.4, 0.5) is 10.5 Å². The molecule has 1 aromatic carbocycles. The van der Waals surface area contributed by atoms with Crippen LogP contribution in [0.1, 0.15) is 23.6 Å². The number of anilines is 1. The van der Waals surface area contributed by atoms with Gasteiger partial charge < -0.3 is 15.5 Å². The summed E-state index contributed by atoms with van der Waals surface area (Å²) in [7, 11) is 0. The van der Waals surface area contributed by atoms with Gasteiger partial charge in [0.05, 0.1) is 0 Å². The molecule has 2 heterocycles. The molecule has 0 aliphatic carbocycles. The molecular formula is C18H22ClN3OS. The molecule has 0 unspecified atom stereocenters. The van der Waals surface area contributed by atoms with Crippen LogP contribution in [-0.4, -0.2) is 37.1 Å². The summed E-state index contributed by atoms with van der Waals surface area (Å²) in [6.07, 6.45) is 2.41. The van der Waals surface area contributed by atoms with Gasteiger partial charge in [0.1, 0.15) is 0 Å². The van der Waals surface area contributed by atoms with Gasteiger partial charge >= 0.3 is 6.03 Å². The number of rotatable bonds is 5. The smallest absolute Gasteiger partial charge is 0.319 e. The van der Waals surface area contributed by atoms with Crippen molar-refractivity contribution in [2.75, 3.05) is 31.5 Å². The fourth-order valence-corrected chi connectivity index (χ4v) is 4.12. The van der Waals surface area contributed by atoms with Crippen molar-refractivity contribution in [3.8, 4) is 0 Å². The van der Waals surface area contributed by atoms with Crippen LogP contribution in [0.15, 0.2) is 41.8 Å². The summed E-state index contributed by atoms with van der Waals surface area (Å²) in [5.41, 5.74) is 0.705. The molecule has 24 heavy (non-hydrogen) atoms. The van der Waals surface area contributed by atoms with Crippen LogP contribution >= 0.6 is 22.9 Å². The number of carbonyl (C=O) groups excluding carboxylic acids is 1. The SMILES string of the molecule is O=C(NCCN1CCC(c2cccs2)CC1)Nc1cccc(Cl)c1. The second-order valence-corrected chi connectivity index (χ2v) is 7.44. The van der Waals surface area contributed by atoms with E-state index >= 15 is 0 Å². The van der Waals surface area contributed by atoms with E-state index in [0.717, 1.165) is 19.6 Å². The van der Waals surface area contributed by atoms with Gasteiger partial charge in [-0.2, -0.15) is 0 Å². The maximum atomic E-state index is 11.9. The zero-order chi connectivity index (χ0) is 16.8. The zero-order valence-electron chi connectivity index (χ0n) is 13.5. The molecule has 2 N–H and O–H groups in total. The van der Waals surface area contributed by atoms with E-state index in [-0.39, 0.29) is 6.03 Å². The number of amides is 2. The maximum absolute atomic E-state index is 11.9. The third-order valence-electron chi connectivity index (χ3n) is 4.33. The van der Waals surface area contributed by atoms with Crippen LogP contribution in [0.3, 0.4) is 0 Å². The van der Waals surface area contributed by atoms with Gasteiger partial charge in [-0.15, -0.1) is 11.3 Å². The van der Waals surface area contributed by atoms with Crippen molar-refractivity contribution in [3.63, 3.8) is 0 Å². The summed E-state index contributed by atoms with van der Waals surface area (Å²) in [5.74, 6) is 0.709. The predicted molar refractivity (Wildman–Crippen MR) is 101 cm³/mol. The maximum Gasteiger partial charge on any atom is 0.319 e. The summed E-state index contributed by atoms with van der Waals surface area (Å²) >= 11 is 7.77. The van der Waals surface area contributed by atoms with E-state index in [0.29, 0.717) is 23.2 Å². The number of benzene rings is 1. The van der Waals surface area contributed by atoms with Crippen molar-refractivity contribution >= 4 is 34.7 Å². The molecule has 1 aromatic heterocycles. The molecule has 1 saturated heterocycles. The van der Waals surface area contributed by atoms with Crippen molar-refractivity contribution in [3.05, 3.63) is 51.7 Å². The molecular weight excluding hydrogens is 342 g/mol. The molecule has 2 amide bonds. The van der Waals surface area contributed by atoms with E-state index in [4.69, 9.17) is 11.6 Å². The summed E-state index contributed by atoms with van der Waals surface area (Å²) in [5, 5.41) is 8.47. The highest BCUT2D eigenvalue weighted by Gasteiger charge is 2.20. The lowest BCUT2D eigenvalue weighted by Crippen LogP contribution is -2.40. The number of hydrogen-bond acceptors (Lipinski definition) is 3. The third kappa shape index (κ3) is 4.97. The van der Waals surface area contributed by atoms with Crippen LogP contribution in [0.2, 0.25) is 5.02 Å². The van der Waals surface area contributed by atoms with E-state index in [9.17, 15) is 4.79 Å². The van der Waals surface area contributed by atoms with E-state index in [1.807, 2.05) is 23.5 Å². The minimum absolute atomic E-state index is 0.189. The normalized spacial score (nSPS) is 16.0. The summed E-state index contributed by atoms with van der Waals surface area (Å²) in [6.45, 7) is 3.73. The largest absolute Gasteiger partial charge is 0.337 e. The molecule has 0 radical (unpaired) electrons. The Kier molecular flexibility index (Phi) is 6.12. The first-order valence-corrected chi connectivity index (χ1v) is 9.52. The monoisotopic (exact) mass is 363 g/mol. The Labute approximate surface area is 151 Å². The number of hydrogen-bond donors (Lipinski definition) is 2. The molecule has 1 aliphatic heterocycles. The number of piperidine rings is 1. The minimum Gasteiger partial charge on any atom is -0.337 e. The van der Waals surface area contributed by atoms with Gasteiger partial charge in [0, 0.05) is 28.7 Å². The molecule has 1 fully saturated rings. The number of thiophene rings is 1. The van der Waals surface area contributed by atoms with Crippen LogP contribution in [0, 0.1) is 0 Å². The number of likely N-dealkylation sites (tertiary alicyclic amines) is 1. The van der Waals surface area contributed by atoms with E-state index in [1.54, 1.807) is 12.1 Å². The topological polar surface area (TPSA) is 44.4 Å². The highest BCUT2D eigenvalue weighted by Crippen LogP contribution is 2.30. The molecule has 0 bridgehead atoms. The third-order valence-corrected chi connectivity index (χ3v) is 5.60. The number of carbonyl (C=O) groups is 1. The quantitative estimate of drug-likeness (QED) is 0.826. The number of urea groups is 1. The van der Waals surface area contributed by atoms with Gasteiger partial charge in [-0.1, -0.05) is 23.7 Å². The van der Waals surface area contributed by atoms with Crippen LogP contribution in [-0.2, 0) is 0 Å². The first kappa shape index (κ1) is 17.3. The Hall–Kier alpha value is -1.56. The summed E-state index contributed by atoms with van der Waals surface area (Å²) in [6, 6.07) is 11.3. The van der Waals surface area contributed by atoms with Gasteiger partial charge in [0.25, 0.3) is 0 Å². The average Bonchev–Trinajstić information content (AvgIpc) is 3.10. The second kappa shape index (κ2) is 8.51.